The molecule has 2 fully saturated rings. The lowest BCUT2D eigenvalue weighted by atomic mass is 9.43. The quantitative estimate of drug-likeness (QED) is 0.413. The number of nitrogens with zero attached hydrogens (tertiary/aromatic N) is 3. The Labute approximate surface area is 211 Å². The number of nitro benzene ring substituents is 1. The van der Waals surface area contributed by atoms with Gasteiger partial charge in [-0.2, -0.15) is 0 Å². The smallest absolute Gasteiger partial charge is 0.332 e. The van der Waals surface area contributed by atoms with Crippen molar-refractivity contribution in [1.82, 2.24) is 4.90 Å². The van der Waals surface area contributed by atoms with E-state index in [9.17, 15) is 29.9 Å². The van der Waals surface area contributed by atoms with Crippen molar-refractivity contribution in [3.8, 4) is 0 Å². The maximum absolute atomic E-state index is 13.9. The maximum Gasteiger partial charge on any atom is 0.332 e. The number of Topliss-reactive ketones (excluding diaryl/α,β-unsaturated/α-hetero) is 1. The van der Waals surface area contributed by atoms with Crippen LogP contribution in [0.1, 0.15) is 25.8 Å². The molecule has 0 aromatic heterocycles. The molecule has 4 atom stereocenters. The Bertz CT molecular complexity index is 1160. The lowest BCUT2D eigenvalue weighted by molar-refractivity contribution is -0.384. The number of carboxylic acid groups (broad SMARTS) is 1. The van der Waals surface area contributed by atoms with E-state index in [4.69, 9.17) is 0 Å². The number of aliphatic carboxylic acids is 1. The maximum atomic E-state index is 13.9. The third-order valence-electron chi connectivity index (χ3n) is 7.99. The zero-order valence-corrected chi connectivity index (χ0v) is 21.1. The first-order valence-electron chi connectivity index (χ1n) is 11.6. The molecule has 2 unspecified atom stereocenters. The van der Waals surface area contributed by atoms with E-state index >= 15 is 0 Å². The number of aliphatic imine (C=N–C) groups is 1. The lowest BCUT2D eigenvalue weighted by Gasteiger charge is -2.60. The number of likely N-dealkylation sites (tertiary alicyclic amines) is 1. The van der Waals surface area contributed by atoms with Crippen LogP contribution in [0.3, 0.4) is 0 Å². The minimum atomic E-state index is -1.13. The fourth-order valence-corrected chi connectivity index (χ4v) is 8.64. The summed E-state index contributed by atoms with van der Waals surface area (Å²) in [6, 6.07) is 5.99. The molecule has 1 saturated carbocycles. The van der Waals surface area contributed by atoms with Gasteiger partial charge in [-0.15, -0.1) is 11.8 Å². The molecule has 0 amide bonds. The highest BCUT2D eigenvalue weighted by Crippen LogP contribution is 2.70. The van der Waals surface area contributed by atoms with E-state index in [1.807, 2.05) is 6.92 Å². The van der Waals surface area contributed by atoms with Crippen LogP contribution in [0.5, 0.6) is 0 Å². The molecule has 1 aromatic carbocycles. The van der Waals surface area contributed by atoms with Gasteiger partial charge in [0.25, 0.3) is 5.69 Å². The highest BCUT2D eigenvalue weighted by Gasteiger charge is 2.74. The number of thioether (sulfide) groups is 2. The van der Waals surface area contributed by atoms with Crippen LogP contribution in [0.2, 0.25) is 0 Å². The van der Waals surface area contributed by atoms with Crippen LogP contribution in [-0.4, -0.2) is 73.7 Å². The number of rotatable bonds is 7. The van der Waals surface area contributed by atoms with Crippen molar-refractivity contribution in [3.63, 3.8) is 0 Å². The molecule has 5 rings (SSSR count). The van der Waals surface area contributed by atoms with Crippen LogP contribution in [0.15, 0.2) is 39.7 Å². The highest BCUT2D eigenvalue weighted by atomic mass is 32.2. The third-order valence-corrected chi connectivity index (χ3v) is 10.6. The number of non-ortho nitro benzene ring substituents is 1. The molecular weight excluding hydrogens is 490 g/mol. The summed E-state index contributed by atoms with van der Waals surface area (Å²) in [5, 5.41) is 33.1. The van der Waals surface area contributed by atoms with Crippen molar-refractivity contribution in [3.05, 3.63) is 50.4 Å². The van der Waals surface area contributed by atoms with Gasteiger partial charge in [-0.3, -0.25) is 19.9 Å². The van der Waals surface area contributed by atoms with Gasteiger partial charge in [0, 0.05) is 46.7 Å². The van der Waals surface area contributed by atoms with Crippen LogP contribution in [0.4, 0.5) is 5.69 Å². The van der Waals surface area contributed by atoms with Crippen molar-refractivity contribution < 1.29 is 24.7 Å². The molecule has 0 spiro atoms. The van der Waals surface area contributed by atoms with Gasteiger partial charge in [-0.1, -0.05) is 23.9 Å². The molecule has 1 aromatic rings. The van der Waals surface area contributed by atoms with Crippen LogP contribution in [0, 0.1) is 26.9 Å². The molecule has 35 heavy (non-hydrogen) atoms. The summed E-state index contributed by atoms with van der Waals surface area (Å²) in [7, 11) is 0. The SMILES string of the molecule is CC(O)[C@@]1(Cc2ccc([N+](=O)[O-])cc2)C(=O)[C@]2(C)C(SC3CN(C4=NCCS4)C3)=C(C(=O)O)CC21. The molecule has 9 nitrogen and oxygen atoms in total. The van der Waals surface area contributed by atoms with Gasteiger partial charge in [0.1, 0.15) is 0 Å². The predicted molar refractivity (Wildman–Crippen MR) is 135 cm³/mol. The Morgan fingerprint density at radius 3 is 2.60 bits per heavy atom. The minimum absolute atomic E-state index is 0.0458. The Balaban J connectivity index is 1.39. The first kappa shape index (κ1) is 24.3. The van der Waals surface area contributed by atoms with Gasteiger partial charge in [0.05, 0.1) is 28.4 Å². The van der Waals surface area contributed by atoms with Crippen LogP contribution >= 0.6 is 23.5 Å². The molecule has 2 heterocycles. The van der Waals surface area contributed by atoms with Gasteiger partial charge < -0.3 is 15.1 Å². The van der Waals surface area contributed by atoms with Gasteiger partial charge in [0.2, 0.25) is 0 Å². The summed E-state index contributed by atoms with van der Waals surface area (Å²) in [4.78, 5) is 44.0. The molecule has 0 radical (unpaired) electrons. The van der Waals surface area contributed by atoms with Gasteiger partial charge in [-0.05, 0) is 38.2 Å². The standard InChI is InChI=1S/C24H27N3O6S2/c1-13(28)24(10-14-3-5-15(6-4-14)27(32)33)18-9-17(20(29)30)19(23(18,2)21(24)31)35-16-11-26(12-16)22-25-7-8-34-22/h3-6,13,16,18,28H,7-12H2,1-2H3,(H,29,30)/t13?,18?,23-,24+/m0/s1. The molecular formula is C24H27N3O6S2. The molecule has 11 heteroatoms. The van der Waals surface area contributed by atoms with Crippen molar-refractivity contribution >= 4 is 46.1 Å². The summed E-state index contributed by atoms with van der Waals surface area (Å²) in [6.45, 7) is 5.77. The minimum Gasteiger partial charge on any atom is -0.478 e. The average molecular weight is 518 g/mol. The number of hydrogen-bond donors (Lipinski definition) is 2. The number of ketones is 1. The van der Waals surface area contributed by atoms with Crippen molar-refractivity contribution in [2.24, 2.45) is 21.7 Å². The average Bonchev–Trinajstić information content (AvgIpc) is 3.40. The Morgan fingerprint density at radius 2 is 2.06 bits per heavy atom. The number of allylic oxidation sites excluding steroid dienone is 1. The highest BCUT2D eigenvalue weighted by molar-refractivity contribution is 8.14. The first-order chi connectivity index (χ1) is 16.6. The molecule has 2 aliphatic heterocycles. The fraction of sp³-hybridized carbons (Fsp3) is 0.542. The molecule has 2 N–H and O–H groups in total. The Morgan fingerprint density at radius 1 is 1.37 bits per heavy atom. The van der Waals surface area contributed by atoms with Gasteiger partial charge in [0.15, 0.2) is 11.0 Å². The summed E-state index contributed by atoms with van der Waals surface area (Å²) >= 11 is 3.23. The second kappa shape index (κ2) is 8.63. The Kier molecular flexibility index (Phi) is 6.00. The lowest BCUT2D eigenvalue weighted by Crippen LogP contribution is -2.68. The van der Waals surface area contributed by atoms with Gasteiger partial charge >= 0.3 is 5.97 Å². The van der Waals surface area contributed by atoms with Crippen molar-refractivity contribution in [1.29, 1.82) is 0 Å². The number of aliphatic hydroxyl groups is 1. The van der Waals surface area contributed by atoms with E-state index in [1.165, 1.54) is 23.9 Å². The van der Waals surface area contributed by atoms with E-state index in [0.29, 0.717) is 10.5 Å². The van der Waals surface area contributed by atoms with E-state index in [1.54, 1.807) is 30.8 Å². The number of carboxylic acids is 1. The predicted octanol–water partition coefficient (Wildman–Crippen LogP) is 2.97. The van der Waals surface area contributed by atoms with E-state index in [2.05, 4.69) is 9.89 Å². The second-order valence-corrected chi connectivity index (χ2v) is 12.2. The Hall–Kier alpha value is -2.37. The van der Waals surface area contributed by atoms with E-state index in [-0.39, 0.29) is 41.1 Å². The van der Waals surface area contributed by atoms with E-state index in [0.717, 1.165) is 30.6 Å². The van der Waals surface area contributed by atoms with Crippen molar-refractivity contribution in [2.45, 2.75) is 38.0 Å². The number of carbonyl (C=O) groups excluding carboxylic acids is 1. The van der Waals surface area contributed by atoms with E-state index < -0.39 is 27.8 Å². The summed E-state index contributed by atoms with van der Waals surface area (Å²) in [5.41, 5.74) is -1.15. The monoisotopic (exact) mass is 517 g/mol. The summed E-state index contributed by atoms with van der Waals surface area (Å²) in [6.07, 6.45) is -0.559. The normalized spacial score (nSPS) is 31.1. The van der Waals surface area contributed by atoms with Crippen LogP contribution in [0.25, 0.3) is 0 Å². The number of amidine groups is 1. The van der Waals surface area contributed by atoms with Crippen LogP contribution < -0.4 is 0 Å². The molecule has 0 bridgehead atoms. The number of benzene rings is 1. The zero-order chi connectivity index (χ0) is 25.1. The zero-order valence-electron chi connectivity index (χ0n) is 19.5. The first-order valence-corrected chi connectivity index (χ1v) is 13.5. The number of fused-ring (bicyclic) bond motifs is 1. The molecule has 2 aliphatic carbocycles. The summed E-state index contributed by atoms with van der Waals surface area (Å²) < 4.78 is 0. The summed E-state index contributed by atoms with van der Waals surface area (Å²) in [5.74, 6) is -0.522. The topological polar surface area (TPSA) is 133 Å². The molecule has 1 saturated heterocycles. The largest absolute Gasteiger partial charge is 0.478 e. The van der Waals surface area contributed by atoms with Crippen molar-refractivity contribution in [2.75, 3.05) is 25.4 Å². The molecule has 186 valence electrons. The number of hydrogen-bond acceptors (Lipinski definition) is 9. The fourth-order valence-electron chi connectivity index (χ4n) is 6.13. The number of nitro groups is 1. The van der Waals surface area contributed by atoms with Gasteiger partial charge in [-0.25, -0.2) is 4.79 Å². The molecule has 4 aliphatic rings. The van der Waals surface area contributed by atoms with Crippen LogP contribution in [-0.2, 0) is 16.0 Å². The second-order valence-electron chi connectivity index (χ2n) is 9.88. The third kappa shape index (κ3) is 3.62. The number of carbonyl (C=O) groups is 2. The number of aliphatic hydroxyl groups excluding tert-OH is 1.